The van der Waals surface area contributed by atoms with Gasteiger partial charge in [-0.1, -0.05) is 6.07 Å². The molecular formula is C18H20N2O6. The van der Waals surface area contributed by atoms with E-state index in [0.717, 1.165) is 0 Å². The number of oxazole rings is 1. The molecule has 1 aliphatic heterocycles. The molecule has 2 aromatic rings. The third kappa shape index (κ3) is 3.84. The fraction of sp³-hybridized carbons (Fsp3) is 0.444. The van der Waals surface area contributed by atoms with Gasteiger partial charge in [0, 0.05) is 13.1 Å². The Morgan fingerprint density at radius 1 is 1.31 bits per heavy atom. The molecular weight excluding hydrogens is 340 g/mol. The van der Waals surface area contributed by atoms with Crippen LogP contribution in [-0.2, 0) is 19.1 Å². The lowest BCUT2D eigenvalue weighted by Crippen LogP contribution is -2.44. The molecule has 0 aliphatic carbocycles. The van der Waals surface area contributed by atoms with Gasteiger partial charge in [0.2, 0.25) is 0 Å². The predicted octanol–water partition coefficient (Wildman–Crippen LogP) is 1.79. The number of piperidine rings is 1. The average Bonchev–Trinajstić information content (AvgIpc) is 3.15. The molecule has 0 bridgehead atoms. The van der Waals surface area contributed by atoms with E-state index >= 15 is 0 Å². The first kappa shape index (κ1) is 17.9. The van der Waals surface area contributed by atoms with E-state index in [1.807, 2.05) is 0 Å². The zero-order valence-corrected chi connectivity index (χ0v) is 14.5. The third-order valence-corrected chi connectivity index (χ3v) is 4.30. The van der Waals surface area contributed by atoms with E-state index in [1.54, 1.807) is 25.1 Å². The molecule has 26 heavy (non-hydrogen) atoms. The number of esters is 2. The molecule has 8 nitrogen and oxygen atoms in total. The Labute approximate surface area is 150 Å². The van der Waals surface area contributed by atoms with Crippen molar-refractivity contribution in [1.82, 2.24) is 9.88 Å². The van der Waals surface area contributed by atoms with E-state index in [-0.39, 0.29) is 36.5 Å². The highest BCUT2D eigenvalue weighted by molar-refractivity contribution is 6.01. The summed E-state index contributed by atoms with van der Waals surface area (Å²) in [7, 11) is 0. The topological polar surface area (TPSA) is 98.9 Å². The molecule has 1 unspecified atom stereocenters. The molecule has 1 fully saturated rings. The van der Waals surface area contributed by atoms with Gasteiger partial charge in [-0.05, 0) is 31.9 Å². The van der Waals surface area contributed by atoms with Crippen molar-refractivity contribution >= 4 is 28.9 Å². The van der Waals surface area contributed by atoms with Crippen LogP contribution >= 0.6 is 0 Å². The van der Waals surface area contributed by atoms with E-state index < -0.39 is 5.97 Å². The molecule has 0 spiro atoms. The van der Waals surface area contributed by atoms with Crippen molar-refractivity contribution in [2.24, 2.45) is 5.92 Å². The highest BCUT2D eigenvalue weighted by atomic mass is 16.5. The van der Waals surface area contributed by atoms with Gasteiger partial charge in [0.05, 0.1) is 18.1 Å². The Kier molecular flexibility index (Phi) is 5.50. The molecule has 0 radical (unpaired) electrons. The molecule has 0 saturated carbocycles. The van der Waals surface area contributed by atoms with Gasteiger partial charge in [-0.25, -0.2) is 9.78 Å². The van der Waals surface area contributed by atoms with Crippen LogP contribution in [0.1, 0.15) is 30.1 Å². The van der Waals surface area contributed by atoms with Crippen molar-refractivity contribution in [3.05, 3.63) is 30.2 Å². The Bertz CT molecular complexity index is 815. The number of hydrogen-bond donors (Lipinski definition) is 0. The lowest BCUT2D eigenvalue weighted by Gasteiger charge is -2.31. The van der Waals surface area contributed by atoms with Crippen LogP contribution in [-0.4, -0.2) is 54.0 Å². The summed E-state index contributed by atoms with van der Waals surface area (Å²) in [5, 5.41) is 0. The molecule has 1 aromatic carbocycles. The summed E-state index contributed by atoms with van der Waals surface area (Å²) in [6.07, 6.45) is 2.65. The van der Waals surface area contributed by atoms with E-state index in [1.165, 1.54) is 11.3 Å². The van der Waals surface area contributed by atoms with Crippen LogP contribution in [0.3, 0.4) is 0 Å². The minimum absolute atomic E-state index is 0.243. The van der Waals surface area contributed by atoms with Crippen molar-refractivity contribution in [2.45, 2.75) is 19.8 Å². The number of amides is 1. The van der Waals surface area contributed by atoms with Gasteiger partial charge in [0.1, 0.15) is 5.52 Å². The molecule has 0 N–H and O–H groups in total. The number of aromatic nitrogens is 1. The highest BCUT2D eigenvalue weighted by Crippen LogP contribution is 2.19. The number of rotatable bonds is 5. The van der Waals surface area contributed by atoms with Crippen molar-refractivity contribution < 1.29 is 28.3 Å². The van der Waals surface area contributed by atoms with Crippen LogP contribution in [0.2, 0.25) is 0 Å². The number of carbonyl (C=O) groups is 3. The fourth-order valence-corrected chi connectivity index (χ4v) is 3.00. The first-order valence-electron chi connectivity index (χ1n) is 8.54. The van der Waals surface area contributed by atoms with Gasteiger partial charge >= 0.3 is 11.9 Å². The van der Waals surface area contributed by atoms with Gasteiger partial charge in [0.25, 0.3) is 5.91 Å². The standard InChI is InChI=1S/C18H20N2O6/c1-2-24-17(22)12-5-4-8-20(9-12)15(21)10-25-18(23)13-6-3-7-14-16(13)19-11-26-14/h3,6-7,11-12H,2,4-5,8-10H2,1H3. The maximum atomic E-state index is 12.3. The van der Waals surface area contributed by atoms with Crippen LogP contribution in [0.25, 0.3) is 11.1 Å². The number of fused-ring (bicyclic) bond motifs is 1. The lowest BCUT2D eigenvalue weighted by atomic mass is 9.98. The highest BCUT2D eigenvalue weighted by Gasteiger charge is 2.29. The first-order chi connectivity index (χ1) is 12.6. The fourth-order valence-electron chi connectivity index (χ4n) is 3.00. The molecule has 1 amide bonds. The third-order valence-electron chi connectivity index (χ3n) is 4.30. The second-order valence-corrected chi connectivity index (χ2v) is 6.01. The minimum atomic E-state index is -0.642. The molecule has 3 rings (SSSR count). The molecule has 2 heterocycles. The Morgan fingerprint density at radius 3 is 2.96 bits per heavy atom. The lowest BCUT2D eigenvalue weighted by molar-refractivity contribution is -0.151. The minimum Gasteiger partial charge on any atom is -0.466 e. The van der Waals surface area contributed by atoms with Crippen LogP contribution < -0.4 is 0 Å². The zero-order chi connectivity index (χ0) is 18.5. The smallest absolute Gasteiger partial charge is 0.340 e. The van der Waals surface area contributed by atoms with Crippen LogP contribution in [0.4, 0.5) is 0 Å². The summed E-state index contributed by atoms with van der Waals surface area (Å²) >= 11 is 0. The van der Waals surface area contributed by atoms with Crippen molar-refractivity contribution in [2.75, 3.05) is 26.3 Å². The van der Waals surface area contributed by atoms with Gasteiger partial charge in [-0.15, -0.1) is 0 Å². The monoisotopic (exact) mass is 360 g/mol. The van der Waals surface area contributed by atoms with Crippen molar-refractivity contribution in [3.8, 4) is 0 Å². The Hall–Kier alpha value is -2.90. The number of para-hydroxylation sites is 1. The zero-order valence-electron chi connectivity index (χ0n) is 14.5. The van der Waals surface area contributed by atoms with Gasteiger partial charge in [-0.3, -0.25) is 9.59 Å². The number of ether oxygens (including phenoxy) is 2. The average molecular weight is 360 g/mol. The summed E-state index contributed by atoms with van der Waals surface area (Å²) in [4.78, 5) is 42.0. The summed E-state index contributed by atoms with van der Waals surface area (Å²) in [5.41, 5.74) is 1.11. The number of benzene rings is 1. The van der Waals surface area contributed by atoms with Crippen LogP contribution in [0.15, 0.2) is 29.0 Å². The van der Waals surface area contributed by atoms with Gasteiger partial charge < -0.3 is 18.8 Å². The first-order valence-corrected chi connectivity index (χ1v) is 8.54. The van der Waals surface area contributed by atoms with E-state index in [9.17, 15) is 14.4 Å². The number of nitrogens with zero attached hydrogens (tertiary/aromatic N) is 2. The number of likely N-dealkylation sites (tertiary alicyclic amines) is 1. The molecule has 1 aliphatic rings. The number of hydrogen-bond acceptors (Lipinski definition) is 7. The maximum absolute atomic E-state index is 12.3. The maximum Gasteiger partial charge on any atom is 0.340 e. The van der Waals surface area contributed by atoms with E-state index in [4.69, 9.17) is 13.9 Å². The second kappa shape index (κ2) is 7.99. The van der Waals surface area contributed by atoms with Crippen molar-refractivity contribution in [3.63, 3.8) is 0 Å². The van der Waals surface area contributed by atoms with E-state index in [2.05, 4.69) is 4.98 Å². The summed E-state index contributed by atoms with van der Waals surface area (Å²) in [5.74, 6) is -1.59. The normalized spacial score (nSPS) is 17.1. The van der Waals surface area contributed by atoms with Crippen LogP contribution in [0.5, 0.6) is 0 Å². The second-order valence-electron chi connectivity index (χ2n) is 6.01. The summed E-state index contributed by atoms with van der Waals surface area (Å²) in [6.45, 7) is 2.49. The van der Waals surface area contributed by atoms with Crippen LogP contribution in [0, 0.1) is 5.92 Å². The predicted molar refractivity (Wildman–Crippen MR) is 90.2 cm³/mol. The SMILES string of the molecule is CCOC(=O)C1CCCN(C(=O)COC(=O)c2cccc3ocnc23)C1. The van der Waals surface area contributed by atoms with Gasteiger partial charge in [0.15, 0.2) is 18.6 Å². The summed E-state index contributed by atoms with van der Waals surface area (Å²) in [6, 6.07) is 4.91. The molecule has 1 aromatic heterocycles. The molecule has 8 heteroatoms. The number of carbonyl (C=O) groups excluding carboxylic acids is 3. The molecule has 138 valence electrons. The quantitative estimate of drug-likeness (QED) is 0.750. The summed E-state index contributed by atoms with van der Waals surface area (Å²) < 4.78 is 15.3. The Balaban J connectivity index is 1.57. The largest absolute Gasteiger partial charge is 0.466 e. The molecule has 1 atom stereocenters. The van der Waals surface area contributed by atoms with E-state index in [0.29, 0.717) is 37.1 Å². The van der Waals surface area contributed by atoms with Crippen molar-refractivity contribution in [1.29, 1.82) is 0 Å². The Morgan fingerprint density at radius 2 is 2.15 bits per heavy atom. The van der Waals surface area contributed by atoms with Gasteiger partial charge in [-0.2, -0.15) is 0 Å². The molecule has 1 saturated heterocycles.